The molecule has 24 heavy (non-hydrogen) atoms. The molecule has 0 saturated carbocycles. The Balaban J connectivity index is 2.25. The van der Waals surface area contributed by atoms with Crippen LogP contribution in [0.2, 0.25) is 0 Å². The maximum atomic E-state index is 13.0. The molecule has 1 aromatic rings. The summed E-state index contributed by atoms with van der Waals surface area (Å²) in [6, 6.07) is 4.60. The smallest absolute Gasteiger partial charge is 0.324 e. The number of amides is 1. The van der Waals surface area contributed by atoms with Crippen molar-refractivity contribution >= 4 is 11.6 Å². The summed E-state index contributed by atoms with van der Waals surface area (Å²) in [7, 11) is 0. The number of hydrogen-bond donors (Lipinski definition) is 2. The number of nitrogens with one attached hydrogen (secondary N) is 2. The Kier molecular flexibility index (Phi) is 4.58. The molecule has 2 rings (SSSR count). The zero-order valence-corrected chi connectivity index (χ0v) is 13.5. The van der Waals surface area contributed by atoms with Crippen molar-refractivity contribution in [1.29, 1.82) is 5.26 Å². The largest absolute Gasteiger partial charge is 0.417 e. The molecule has 0 unspecified atom stereocenters. The summed E-state index contributed by atoms with van der Waals surface area (Å²) in [5.41, 5.74) is 1.48. The number of benzene rings is 1. The number of anilines is 1. The lowest BCUT2D eigenvalue weighted by atomic mass is 10.0. The van der Waals surface area contributed by atoms with Crippen LogP contribution in [0.5, 0.6) is 0 Å². The number of halogens is 3. The van der Waals surface area contributed by atoms with Gasteiger partial charge < -0.3 is 10.3 Å². The van der Waals surface area contributed by atoms with Crippen LogP contribution in [0.1, 0.15) is 31.9 Å². The molecule has 5 nitrogen and oxygen atoms in total. The molecule has 0 aromatic heterocycles. The summed E-state index contributed by atoms with van der Waals surface area (Å²) in [5.74, 6) is -0.473. The fourth-order valence-corrected chi connectivity index (χ4v) is 2.23. The van der Waals surface area contributed by atoms with E-state index in [2.05, 4.69) is 10.7 Å². The first-order chi connectivity index (χ1) is 11.1. The van der Waals surface area contributed by atoms with Gasteiger partial charge in [0.05, 0.1) is 17.2 Å². The maximum absolute atomic E-state index is 13.0. The Labute approximate surface area is 137 Å². The van der Waals surface area contributed by atoms with E-state index in [4.69, 9.17) is 5.26 Å². The minimum Gasteiger partial charge on any atom is -0.324 e. The summed E-state index contributed by atoms with van der Waals surface area (Å²) >= 11 is 0. The molecule has 0 bridgehead atoms. The molecule has 1 aliphatic heterocycles. The van der Waals surface area contributed by atoms with Crippen molar-refractivity contribution in [3.63, 3.8) is 0 Å². The SMILES string of the molecule is CC1=CN(C(C)(C)C(=O)Nc2ccc(C#N)c(C(F)(F)F)c2)NC1. The van der Waals surface area contributed by atoms with Crippen LogP contribution in [0.15, 0.2) is 30.0 Å². The highest BCUT2D eigenvalue weighted by molar-refractivity contribution is 5.97. The van der Waals surface area contributed by atoms with Crippen LogP contribution in [-0.4, -0.2) is 23.0 Å². The topological polar surface area (TPSA) is 68.2 Å². The number of rotatable bonds is 3. The summed E-state index contributed by atoms with van der Waals surface area (Å²) in [4.78, 5) is 12.5. The lowest BCUT2D eigenvalue weighted by Gasteiger charge is -2.34. The number of nitriles is 1. The van der Waals surface area contributed by atoms with E-state index < -0.39 is 28.7 Å². The molecule has 0 radical (unpaired) electrons. The Morgan fingerprint density at radius 1 is 1.38 bits per heavy atom. The van der Waals surface area contributed by atoms with Crippen molar-refractivity contribution in [2.75, 3.05) is 11.9 Å². The quantitative estimate of drug-likeness (QED) is 0.889. The molecule has 0 aliphatic carbocycles. The molecular weight excluding hydrogens is 321 g/mol. The van der Waals surface area contributed by atoms with Gasteiger partial charge in [-0.2, -0.15) is 18.4 Å². The van der Waals surface area contributed by atoms with E-state index in [0.717, 1.165) is 17.7 Å². The normalized spacial score (nSPS) is 15.0. The van der Waals surface area contributed by atoms with Gasteiger partial charge in [-0.1, -0.05) is 0 Å². The van der Waals surface area contributed by atoms with Crippen molar-refractivity contribution in [2.24, 2.45) is 0 Å². The minimum atomic E-state index is -4.67. The predicted octanol–water partition coefficient (Wildman–Crippen LogP) is 3.02. The van der Waals surface area contributed by atoms with Crippen LogP contribution in [0.25, 0.3) is 0 Å². The van der Waals surface area contributed by atoms with Crippen molar-refractivity contribution in [3.05, 3.63) is 41.1 Å². The average molecular weight is 338 g/mol. The lowest BCUT2D eigenvalue weighted by Crippen LogP contribution is -2.54. The van der Waals surface area contributed by atoms with E-state index in [1.807, 2.05) is 6.92 Å². The van der Waals surface area contributed by atoms with Gasteiger partial charge in [0.15, 0.2) is 0 Å². The molecule has 1 amide bonds. The average Bonchev–Trinajstić information content (AvgIpc) is 2.93. The molecule has 1 aliphatic rings. The second-order valence-electron chi connectivity index (χ2n) is 6.06. The summed E-state index contributed by atoms with van der Waals surface area (Å²) in [6.07, 6.45) is -2.89. The molecular formula is C16H17F3N4O. The van der Waals surface area contributed by atoms with Crippen molar-refractivity contribution in [3.8, 4) is 6.07 Å². The second-order valence-corrected chi connectivity index (χ2v) is 6.06. The van der Waals surface area contributed by atoms with Crippen LogP contribution in [0.3, 0.4) is 0 Å². The van der Waals surface area contributed by atoms with Gasteiger partial charge in [0.2, 0.25) is 0 Å². The number of alkyl halides is 3. The van der Waals surface area contributed by atoms with Gasteiger partial charge in [-0.15, -0.1) is 0 Å². The van der Waals surface area contributed by atoms with Crippen molar-refractivity contribution in [1.82, 2.24) is 10.4 Å². The number of hydrogen-bond acceptors (Lipinski definition) is 4. The highest BCUT2D eigenvalue weighted by atomic mass is 19.4. The van der Waals surface area contributed by atoms with E-state index in [-0.39, 0.29) is 5.69 Å². The van der Waals surface area contributed by atoms with Crippen LogP contribution >= 0.6 is 0 Å². The highest BCUT2D eigenvalue weighted by Crippen LogP contribution is 2.33. The first-order valence-corrected chi connectivity index (χ1v) is 7.18. The lowest BCUT2D eigenvalue weighted by molar-refractivity contribution is -0.137. The van der Waals surface area contributed by atoms with Crippen LogP contribution in [0.4, 0.5) is 18.9 Å². The Morgan fingerprint density at radius 3 is 2.54 bits per heavy atom. The second kappa shape index (κ2) is 6.17. The predicted molar refractivity (Wildman–Crippen MR) is 82.5 cm³/mol. The third-order valence-corrected chi connectivity index (χ3v) is 3.74. The van der Waals surface area contributed by atoms with Gasteiger partial charge in [0.1, 0.15) is 5.54 Å². The minimum absolute atomic E-state index is 0.0145. The molecule has 2 N–H and O–H groups in total. The van der Waals surface area contributed by atoms with Crippen molar-refractivity contribution in [2.45, 2.75) is 32.5 Å². The van der Waals surface area contributed by atoms with Gasteiger partial charge in [0, 0.05) is 18.4 Å². The van der Waals surface area contributed by atoms with Gasteiger partial charge in [-0.3, -0.25) is 4.79 Å². The third-order valence-electron chi connectivity index (χ3n) is 3.74. The zero-order chi connectivity index (χ0) is 18.1. The molecule has 128 valence electrons. The molecule has 0 atom stereocenters. The van der Waals surface area contributed by atoms with Gasteiger partial charge in [-0.25, -0.2) is 5.43 Å². The standard InChI is InChI=1S/C16H17F3N4O/c1-10-8-21-23(9-10)15(2,3)14(24)22-12-5-4-11(7-20)13(6-12)16(17,18)19/h4-6,9,21H,8H2,1-3H3,(H,22,24). The molecule has 8 heteroatoms. The Bertz CT molecular complexity index is 732. The molecule has 0 saturated heterocycles. The van der Waals surface area contributed by atoms with Gasteiger partial charge >= 0.3 is 6.18 Å². The van der Waals surface area contributed by atoms with Crippen LogP contribution in [0, 0.1) is 11.3 Å². The Hall–Kier alpha value is -2.53. The Morgan fingerprint density at radius 2 is 2.04 bits per heavy atom. The van der Waals surface area contributed by atoms with E-state index >= 15 is 0 Å². The van der Waals surface area contributed by atoms with Crippen LogP contribution < -0.4 is 10.7 Å². The van der Waals surface area contributed by atoms with E-state index in [1.165, 1.54) is 12.1 Å². The maximum Gasteiger partial charge on any atom is 0.417 e. The van der Waals surface area contributed by atoms with Gasteiger partial charge in [-0.05, 0) is 44.5 Å². The number of carbonyl (C=O) groups is 1. The first-order valence-electron chi connectivity index (χ1n) is 7.18. The highest BCUT2D eigenvalue weighted by Gasteiger charge is 2.37. The fraction of sp³-hybridized carbons (Fsp3) is 0.375. The molecule has 0 spiro atoms. The number of nitrogens with zero attached hydrogens (tertiary/aromatic N) is 2. The summed E-state index contributed by atoms with van der Waals surface area (Å²) in [5, 5.41) is 12.9. The van der Waals surface area contributed by atoms with Crippen molar-refractivity contribution < 1.29 is 18.0 Å². The zero-order valence-electron chi connectivity index (χ0n) is 13.5. The number of hydrazine groups is 1. The van der Waals surface area contributed by atoms with Crippen LogP contribution in [-0.2, 0) is 11.0 Å². The first kappa shape index (κ1) is 17.8. The number of carbonyl (C=O) groups excluding carboxylic acids is 1. The molecule has 1 aromatic carbocycles. The van der Waals surface area contributed by atoms with E-state index in [0.29, 0.717) is 6.54 Å². The van der Waals surface area contributed by atoms with E-state index in [9.17, 15) is 18.0 Å². The fourth-order valence-electron chi connectivity index (χ4n) is 2.23. The monoisotopic (exact) mass is 338 g/mol. The third kappa shape index (κ3) is 3.51. The summed E-state index contributed by atoms with van der Waals surface area (Å²) in [6.45, 7) is 5.81. The molecule has 1 heterocycles. The van der Waals surface area contributed by atoms with E-state index in [1.54, 1.807) is 25.1 Å². The van der Waals surface area contributed by atoms with Gasteiger partial charge in [0.25, 0.3) is 5.91 Å². The summed E-state index contributed by atoms with van der Waals surface area (Å²) < 4.78 is 39.0. The molecule has 0 fully saturated rings.